The molecule has 1 saturated heterocycles. The number of hydrogen-bond donors (Lipinski definition) is 1. The fourth-order valence-electron chi connectivity index (χ4n) is 3.43. The number of thiophene rings is 1. The highest BCUT2D eigenvalue weighted by molar-refractivity contribution is 7.10. The van der Waals surface area contributed by atoms with E-state index >= 15 is 0 Å². The first-order chi connectivity index (χ1) is 14.8. The van der Waals surface area contributed by atoms with Crippen LogP contribution < -0.4 is 9.64 Å². The van der Waals surface area contributed by atoms with Crippen molar-refractivity contribution in [3.63, 3.8) is 0 Å². The number of nitrogens with zero attached hydrogens (tertiary/aromatic N) is 1. The van der Waals surface area contributed by atoms with E-state index in [0.717, 1.165) is 23.1 Å². The summed E-state index contributed by atoms with van der Waals surface area (Å²) < 4.78 is 33.6. The zero-order valence-electron chi connectivity index (χ0n) is 15.9. The van der Waals surface area contributed by atoms with E-state index in [1.54, 1.807) is 23.6 Å². The maximum Gasteiger partial charge on any atom is 0.300 e. The van der Waals surface area contributed by atoms with Crippen molar-refractivity contribution in [2.24, 2.45) is 0 Å². The van der Waals surface area contributed by atoms with Gasteiger partial charge in [-0.25, -0.2) is 8.78 Å². The quantitative estimate of drug-likeness (QED) is 0.324. The van der Waals surface area contributed by atoms with Gasteiger partial charge in [0.1, 0.15) is 29.2 Å². The highest BCUT2D eigenvalue weighted by atomic mass is 35.5. The van der Waals surface area contributed by atoms with E-state index in [0.29, 0.717) is 10.6 Å². The number of aliphatic hydroxyl groups excluding tert-OH is 1. The number of aliphatic hydroxyl groups is 1. The fraction of sp³-hybridized carbons (Fsp3) is 0.0909. The minimum Gasteiger partial charge on any atom is -0.507 e. The molecule has 0 aliphatic carbocycles. The molecule has 158 valence electrons. The number of carbonyl (C=O) groups is 2. The van der Waals surface area contributed by atoms with Crippen LogP contribution in [0.5, 0.6) is 5.75 Å². The molecule has 1 aliphatic rings. The Labute approximate surface area is 184 Å². The molecule has 1 atom stereocenters. The van der Waals surface area contributed by atoms with Gasteiger partial charge in [0.2, 0.25) is 0 Å². The van der Waals surface area contributed by atoms with Gasteiger partial charge in [-0.2, -0.15) is 0 Å². The van der Waals surface area contributed by atoms with Crippen molar-refractivity contribution < 1.29 is 28.2 Å². The minimum absolute atomic E-state index is 0.0697. The standard InChI is InChI=1S/C22H14ClF2NO4S/c1-30-12-5-6-14(23)13(10-12)20(27)18-19(17-3-2-8-31-17)26(22(29)21(18)28)16-9-11(24)4-7-15(16)25/h2-10,19,27H,1H3/b20-18-. The number of Topliss-reactive ketones (excluding diaryl/α,β-unsaturated/α-hetero) is 1. The van der Waals surface area contributed by atoms with Gasteiger partial charge >= 0.3 is 0 Å². The fourth-order valence-corrected chi connectivity index (χ4v) is 4.46. The first-order valence-corrected chi connectivity index (χ1v) is 10.2. The smallest absolute Gasteiger partial charge is 0.300 e. The van der Waals surface area contributed by atoms with Gasteiger partial charge in [0, 0.05) is 16.5 Å². The van der Waals surface area contributed by atoms with Crippen molar-refractivity contribution in [1.29, 1.82) is 0 Å². The summed E-state index contributed by atoms with van der Waals surface area (Å²) in [6.45, 7) is 0. The Hall–Kier alpha value is -3.23. The maximum absolute atomic E-state index is 14.6. The van der Waals surface area contributed by atoms with Gasteiger partial charge in [-0.05, 0) is 41.8 Å². The molecule has 1 aliphatic heterocycles. The minimum atomic E-state index is -1.17. The van der Waals surface area contributed by atoms with Crippen LogP contribution in [0, 0.1) is 11.6 Å². The summed E-state index contributed by atoms with van der Waals surface area (Å²) in [4.78, 5) is 27.2. The summed E-state index contributed by atoms with van der Waals surface area (Å²) in [7, 11) is 1.42. The van der Waals surface area contributed by atoms with Gasteiger partial charge < -0.3 is 9.84 Å². The van der Waals surface area contributed by atoms with Crippen LogP contribution in [0.1, 0.15) is 16.5 Å². The summed E-state index contributed by atoms with van der Waals surface area (Å²) in [6.07, 6.45) is 0. The van der Waals surface area contributed by atoms with Crippen molar-refractivity contribution >= 4 is 46.1 Å². The lowest BCUT2D eigenvalue weighted by Crippen LogP contribution is -2.30. The van der Waals surface area contributed by atoms with E-state index in [2.05, 4.69) is 0 Å². The second-order valence-electron chi connectivity index (χ2n) is 6.63. The highest BCUT2D eigenvalue weighted by Crippen LogP contribution is 2.45. The third-order valence-corrected chi connectivity index (χ3v) is 6.11. The zero-order chi connectivity index (χ0) is 22.3. The summed E-state index contributed by atoms with van der Waals surface area (Å²) >= 11 is 7.41. The number of ether oxygens (including phenoxy) is 1. The predicted molar refractivity (Wildman–Crippen MR) is 113 cm³/mol. The Kier molecular flexibility index (Phi) is 5.51. The molecular weight excluding hydrogens is 448 g/mol. The first kappa shape index (κ1) is 21.0. The Morgan fingerprint density at radius 3 is 2.61 bits per heavy atom. The molecule has 3 aromatic rings. The third kappa shape index (κ3) is 3.58. The Balaban J connectivity index is 1.98. The van der Waals surface area contributed by atoms with Gasteiger partial charge in [0.05, 0.1) is 23.4 Å². The molecular formula is C22H14ClF2NO4S. The third-order valence-electron chi connectivity index (χ3n) is 4.85. The normalized spacial score (nSPS) is 17.9. The van der Waals surface area contributed by atoms with Gasteiger partial charge in [-0.3, -0.25) is 14.5 Å². The van der Waals surface area contributed by atoms with Crippen LogP contribution in [-0.2, 0) is 9.59 Å². The Bertz CT molecular complexity index is 1230. The SMILES string of the molecule is COc1ccc(Cl)c(/C(O)=C2/C(=O)C(=O)N(c3cc(F)ccc3F)C2c2cccs2)c1. The topological polar surface area (TPSA) is 66.8 Å². The van der Waals surface area contributed by atoms with Gasteiger partial charge in [0.25, 0.3) is 11.7 Å². The molecule has 31 heavy (non-hydrogen) atoms. The number of anilines is 1. The van der Waals surface area contributed by atoms with Gasteiger partial charge in [0.15, 0.2) is 0 Å². The lowest BCUT2D eigenvalue weighted by Gasteiger charge is -2.24. The van der Waals surface area contributed by atoms with Crippen LogP contribution in [0.15, 0.2) is 59.5 Å². The summed E-state index contributed by atoms with van der Waals surface area (Å²) in [5.74, 6) is -3.98. The number of methoxy groups -OCH3 is 1. The molecule has 1 aromatic heterocycles. The molecule has 2 heterocycles. The highest BCUT2D eigenvalue weighted by Gasteiger charge is 2.48. The van der Waals surface area contributed by atoms with Crippen molar-refractivity contribution in [2.45, 2.75) is 6.04 Å². The van der Waals surface area contributed by atoms with E-state index in [9.17, 15) is 23.5 Å². The average molecular weight is 462 g/mol. The zero-order valence-corrected chi connectivity index (χ0v) is 17.5. The molecule has 0 spiro atoms. The van der Waals surface area contributed by atoms with Gasteiger partial charge in [-0.15, -0.1) is 11.3 Å². The van der Waals surface area contributed by atoms with Gasteiger partial charge in [-0.1, -0.05) is 17.7 Å². The summed E-state index contributed by atoms with van der Waals surface area (Å²) in [6, 6.07) is 9.21. The lowest BCUT2D eigenvalue weighted by molar-refractivity contribution is -0.132. The number of carbonyl (C=O) groups excluding carboxylic acids is 2. The summed E-state index contributed by atoms with van der Waals surface area (Å²) in [5, 5.41) is 12.9. The van der Waals surface area contributed by atoms with Crippen LogP contribution in [-0.4, -0.2) is 23.9 Å². The van der Waals surface area contributed by atoms with E-state index in [4.69, 9.17) is 16.3 Å². The molecule has 1 unspecified atom stereocenters. The van der Waals surface area contributed by atoms with Crippen LogP contribution >= 0.6 is 22.9 Å². The second-order valence-corrected chi connectivity index (χ2v) is 8.01. The van der Waals surface area contributed by atoms with E-state index in [-0.39, 0.29) is 16.2 Å². The molecule has 0 bridgehead atoms. The molecule has 0 saturated carbocycles. The van der Waals surface area contributed by atoms with Crippen molar-refractivity contribution in [1.82, 2.24) is 0 Å². The molecule has 9 heteroatoms. The first-order valence-electron chi connectivity index (χ1n) is 8.97. The van der Waals surface area contributed by atoms with Crippen LogP contribution in [0.4, 0.5) is 14.5 Å². The van der Waals surface area contributed by atoms with Crippen LogP contribution in [0.25, 0.3) is 5.76 Å². The Morgan fingerprint density at radius 1 is 1.16 bits per heavy atom. The van der Waals surface area contributed by atoms with E-state index < -0.39 is 40.8 Å². The monoisotopic (exact) mass is 461 g/mol. The van der Waals surface area contributed by atoms with Crippen molar-refractivity contribution in [3.05, 3.63) is 86.6 Å². The average Bonchev–Trinajstić information content (AvgIpc) is 3.37. The largest absolute Gasteiger partial charge is 0.507 e. The van der Waals surface area contributed by atoms with Crippen molar-refractivity contribution in [3.8, 4) is 5.75 Å². The van der Waals surface area contributed by atoms with E-state index in [1.165, 1.54) is 30.6 Å². The Morgan fingerprint density at radius 2 is 1.94 bits per heavy atom. The predicted octanol–water partition coefficient (Wildman–Crippen LogP) is 5.31. The van der Waals surface area contributed by atoms with Crippen LogP contribution in [0.2, 0.25) is 5.02 Å². The van der Waals surface area contributed by atoms with Crippen molar-refractivity contribution in [2.75, 3.05) is 12.0 Å². The van der Waals surface area contributed by atoms with E-state index in [1.807, 2.05) is 0 Å². The molecule has 4 rings (SSSR count). The number of amides is 1. The maximum atomic E-state index is 14.6. The molecule has 1 amide bonds. The molecule has 5 nitrogen and oxygen atoms in total. The van der Waals surface area contributed by atoms with Crippen LogP contribution in [0.3, 0.4) is 0 Å². The molecule has 0 radical (unpaired) electrons. The number of rotatable bonds is 4. The number of benzene rings is 2. The molecule has 1 fully saturated rings. The molecule has 1 N–H and O–H groups in total. The lowest BCUT2D eigenvalue weighted by atomic mass is 9.99. The number of halogens is 3. The summed E-state index contributed by atoms with van der Waals surface area (Å²) in [5.41, 5.74) is -0.622. The second kappa shape index (κ2) is 8.13. The number of hydrogen-bond acceptors (Lipinski definition) is 5. The number of ketones is 1. The molecule has 2 aromatic carbocycles.